The summed E-state index contributed by atoms with van der Waals surface area (Å²) < 4.78 is 1.33. The van der Waals surface area contributed by atoms with Crippen molar-refractivity contribution in [2.24, 2.45) is 7.05 Å². The lowest BCUT2D eigenvalue weighted by molar-refractivity contribution is 0.0988. The van der Waals surface area contributed by atoms with E-state index in [0.717, 1.165) is 0 Å². The third-order valence-corrected chi connectivity index (χ3v) is 4.79. The summed E-state index contributed by atoms with van der Waals surface area (Å²) in [6, 6.07) is 11.7. The number of carbonyl (C=O) groups is 1. The van der Waals surface area contributed by atoms with Crippen molar-refractivity contribution in [2.75, 3.05) is 11.9 Å². The van der Waals surface area contributed by atoms with E-state index in [1.807, 2.05) is 0 Å². The Hall–Kier alpha value is -2.70. The van der Waals surface area contributed by atoms with Crippen LogP contribution in [0.15, 0.2) is 47.3 Å². The Bertz CT molecular complexity index is 1090. The quantitative estimate of drug-likeness (QED) is 0.699. The number of aromatic hydroxyl groups is 1. The second-order valence-corrected chi connectivity index (χ2v) is 6.46. The molecular formula is C19H15ClN2O3S. The van der Waals surface area contributed by atoms with Gasteiger partial charge in [-0.3, -0.25) is 9.59 Å². The van der Waals surface area contributed by atoms with Crippen molar-refractivity contribution < 1.29 is 9.90 Å². The number of thiocarbonyl (C=S) groups is 1. The molecule has 0 unspecified atom stereocenters. The zero-order valence-corrected chi connectivity index (χ0v) is 15.6. The van der Waals surface area contributed by atoms with E-state index in [1.165, 1.54) is 21.9 Å². The van der Waals surface area contributed by atoms with E-state index in [1.54, 1.807) is 49.5 Å². The summed E-state index contributed by atoms with van der Waals surface area (Å²) in [6.45, 7) is 0. The number of carbonyl (C=O) groups excluding carboxylic acids is 1. The first kappa shape index (κ1) is 18.1. The zero-order valence-electron chi connectivity index (χ0n) is 14.1. The molecule has 2 aromatic carbocycles. The maximum atomic E-state index is 13.0. The normalized spacial score (nSPS) is 10.7. The Labute approximate surface area is 160 Å². The lowest BCUT2D eigenvalue weighted by atomic mass is 10.0. The van der Waals surface area contributed by atoms with E-state index in [2.05, 4.69) is 0 Å². The van der Waals surface area contributed by atoms with Gasteiger partial charge in [0, 0.05) is 35.6 Å². The molecule has 0 aliphatic rings. The number of benzene rings is 2. The molecule has 5 nitrogen and oxygen atoms in total. The minimum absolute atomic E-state index is 0.304. The predicted octanol–water partition coefficient (Wildman–Crippen LogP) is 3.52. The first-order chi connectivity index (χ1) is 12.4. The summed E-state index contributed by atoms with van der Waals surface area (Å²) in [5.74, 6) is -0.989. The first-order valence-corrected chi connectivity index (χ1v) is 8.55. The Morgan fingerprint density at radius 1 is 1.23 bits per heavy atom. The van der Waals surface area contributed by atoms with E-state index >= 15 is 0 Å². The van der Waals surface area contributed by atoms with Gasteiger partial charge in [0.05, 0.1) is 5.52 Å². The van der Waals surface area contributed by atoms with Gasteiger partial charge in [-0.25, -0.2) is 0 Å². The molecule has 0 saturated carbocycles. The van der Waals surface area contributed by atoms with E-state index in [-0.39, 0.29) is 11.3 Å². The molecule has 1 amide bonds. The minimum Gasteiger partial charge on any atom is -0.506 e. The van der Waals surface area contributed by atoms with E-state index in [9.17, 15) is 14.7 Å². The third kappa shape index (κ3) is 2.87. The molecule has 0 fully saturated rings. The van der Waals surface area contributed by atoms with Crippen LogP contribution >= 0.6 is 23.8 Å². The number of aryl methyl sites for hydroxylation is 1. The highest BCUT2D eigenvalue weighted by atomic mass is 35.5. The molecule has 3 rings (SSSR count). The third-order valence-electron chi connectivity index (χ3n) is 4.29. The van der Waals surface area contributed by atoms with Crippen LogP contribution in [0.2, 0.25) is 5.02 Å². The van der Waals surface area contributed by atoms with Crippen LogP contribution < -0.4 is 10.5 Å². The molecule has 0 atom stereocenters. The molecule has 1 N–H and O–H groups in total. The fourth-order valence-electron chi connectivity index (χ4n) is 2.84. The summed E-state index contributed by atoms with van der Waals surface area (Å²) >= 11 is 10.9. The van der Waals surface area contributed by atoms with Crippen molar-refractivity contribution in [3.8, 4) is 5.75 Å². The van der Waals surface area contributed by atoms with E-state index in [0.29, 0.717) is 27.2 Å². The second-order valence-electron chi connectivity index (χ2n) is 5.79. The molecular weight excluding hydrogens is 372 g/mol. The number of pyridine rings is 1. The topological polar surface area (TPSA) is 62.5 Å². The van der Waals surface area contributed by atoms with Gasteiger partial charge in [-0.2, -0.15) is 0 Å². The highest BCUT2D eigenvalue weighted by molar-refractivity contribution is 7.79. The highest BCUT2D eigenvalue weighted by Crippen LogP contribution is 2.30. The monoisotopic (exact) mass is 386 g/mol. The van der Waals surface area contributed by atoms with Gasteiger partial charge in [0.25, 0.3) is 11.5 Å². The largest absolute Gasteiger partial charge is 0.506 e. The van der Waals surface area contributed by atoms with Crippen molar-refractivity contribution in [3.05, 3.63) is 69.0 Å². The summed E-state index contributed by atoms with van der Waals surface area (Å²) in [5.41, 5.74) is 0.721. The standard InChI is InChI=1S/C19H15ClN2O3S/c1-21(13-8-6-12(20)7-9-13)18(24)16-17(23)15-11(10-26)4-3-5-14(15)22(2)19(16)25/h3-10,23H,1-2H3. The fraction of sp³-hybridized carbons (Fsp3) is 0.105. The Morgan fingerprint density at radius 3 is 2.50 bits per heavy atom. The zero-order chi connectivity index (χ0) is 19.0. The average molecular weight is 387 g/mol. The number of amides is 1. The second kappa shape index (κ2) is 6.90. The first-order valence-electron chi connectivity index (χ1n) is 7.70. The molecule has 0 aliphatic carbocycles. The van der Waals surface area contributed by atoms with Gasteiger partial charge < -0.3 is 14.6 Å². The van der Waals surface area contributed by atoms with Gasteiger partial charge in [-0.1, -0.05) is 36.0 Å². The molecule has 3 aromatic rings. The highest BCUT2D eigenvalue weighted by Gasteiger charge is 2.25. The van der Waals surface area contributed by atoms with Gasteiger partial charge in [0.2, 0.25) is 0 Å². The van der Waals surface area contributed by atoms with Crippen LogP contribution in [0.4, 0.5) is 5.69 Å². The SMILES string of the molecule is CN(C(=O)c1c(O)c2c(C=S)cccc2n(C)c1=O)c1ccc(Cl)cc1. The molecule has 0 spiro atoms. The number of halogens is 1. The van der Waals surface area contributed by atoms with Gasteiger partial charge in [0.1, 0.15) is 11.3 Å². The smallest absolute Gasteiger partial charge is 0.267 e. The maximum Gasteiger partial charge on any atom is 0.267 e. The Balaban J connectivity index is 2.24. The maximum absolute atomic E-state index is 13.0. The van der Waals surface area contributed by atoms with Crippen molar-refractivity contribution >= 4 is 51.7 Å². The molecule has 0 saturated heterocycles. The molecule has 0 radical (unpaired) electrons. The van der Waals surface area contributed by atoms with Gasteiger partial charge in [-0.15, -0.1) is 0 Å². The van der Waals surface area contributed by atoms with Crippen molar-refractivity contribution in [2.45, 2.75) is 0 Å². The molecule has 26 heavy (non-hydrogen) atoms. The summed E-state index contributed by atoms with van der Waals surface area (Å²) in [5, 5.41) is 13.0. The van der Waals surface area contributed by atoms with Crippen LogP contribution in [0.25, 0.3) is 10.9 Å². The lowest BCUT2D eigenvalue weighted by Crippen LogP contribution is -2.34. The minimum atomic E-state index is -0.619. The van der Waals surface area contributed by atoms with Gasteiger partial charge in [0.15, 0.2) is 0 Å². The Morgan fingerprint density at radius 2 is 1.88 bits per heavy atom. The fourth-order valence-corrected chi connectivity index (χ4v) is 3.16. The number of aromatic nitrogens is 1. The van der Waals surface area contributed by atoms with Crippen LogP contribution in [-0.4, -0.2) is 28.0 Å². The number of anilines is 1. The molecule has 7 heteroatoms. The summed E-state index contributed by atoms with van der Waals surface area (Å²) in [4.78, 5) is 27.0. The lowest BCUT2D eigenvalue weighted by Gasteiger charge is -2.19. The molecule has 1 aromatic heterocycles. The molecule has 0 aliphatic heterocycles. The molecule has 132 valence electrons. The molecule has 0 bridgehead atoms. The van der Waals surface area contributed by atoms with Crippen LogP contribution in [-0.2, 0) is 7.05 Å². The van der Waals surface area contributed by atoms with Gasteiger partial charge >= 0.3 is 0 Å². The van der Waals surface area contributed by atoms with Crippen molar-refractivity contribution in [3.63, 3.8) is 0 Å². The number of rotatable bonds is 3. The van der Waals surface area contributed by atoms with Crippen LogP contribution in [0.3, 0.4) is 0 Å². The summed E-state index contributed by atoms with van der Waals surface area (Å²) in [6.07, 6.45) is 0. The number of hydrogen-bond donors (Lipinski definition) is 1. The number of nitrogens with zero attached hydrogens (tertiary/aromatic N) is 2. The predicted molar refractivity (Wildman–Crippen MR) is 108 cm³/mol. The van der Waals surface area contributed by atoms with Crippen LogP contribution in [0.5, 0.6) is 5.75 Å². The molecule has 1 heterocycles. The Kier molecular flexibility index (Phi) is 4.80. The average Bonchev–Trinajstić information content (AvgIpc) is 2.65. The van der Waals surface area contributed by atoms with Crippen molar-refractivity contribution in [1.29, 1.82) is 0 Å². The van der Waals surface area contributed by atoms with E-state index < -0.39 is 11.5 Å². The van der Waals surface area contributed by atoms with E-state index in [4.69, 9.17) is 23.8 Å². The summed E-state index contributed by atoms with van der Waals surface area (Å²) in [7, 11) is 3.08. The van der Waals surface area contributed by atoms with Gasteiger partial charge in [-0.05, 0) is 35.9 Å². The number of fused-ring (bicyclic) bond motifs is 1. The van der Waals surface area contributed by atoms with Crippen LogP contribution in [0.1, 0.15) is 15.9 Å². The van der Waals surface area contributed by atoms with Crippen LogP contribution in [0, 0.1) is 0 Å². The number of hydrogen-bond acceptors (Lipinski definition) is 4. The van der Waals surface area contributed by atoms with Crippen molar-refractivity contribution in [1.82, 2.24) is 4.57 Å².